The van der Waals surface area contributed by atoms with Gasteiger partial charge in [-0.2, -0.15) is 5.53 Å². The number of amides is 1. The SMILES string of the molecule is COc1ccc(Nc2cc(C(=O)NNN3CCOCC3)c3ccccc3n2)cc1. The predicted molar refractivity (Wildman–Crippen MR) is 111 cm³/mol. The molecule has 1 saturated heterocycles. The number of carbonyl (C=O) groups is 1. The van der Waals surface area contributed by atoms with Crippen LogP contribution in [0.1, 0.15) is 10.4 Å². The maximum absolute atomic E-state index is 12.9. The number of carbonyl (C=O) groups excluding carboxylic acids is 1. The Morgan fingerprint density at radius 1 is 1.10 bits per heavy atom. The normalized spacial score (nSPS) is 14.5. The molecule has 4 rings (SSSR count). The van der Waals surface area contributed by atoms with E-state index in [2.05, 4.69) is 21.3 Å². The molecular formula is C21H23N5O3. The molecule has 0 atom stereocenters. The quantitative estimate of drug-likeness (QED) is 0.555. The van der Waals surface area contributed by atoms with E-state index >= 15 is 0 Å². The van der Waals surface area contributed by atoms with Gasteiger partial charge in [-0.05, 0) is 36.4 Å². The first-order valence-electron chi connectivity index (χ1n) is 9.42. The van der Waals surface area contributed by atoms with Crippen molar-refractivity contribution < 1.29 is 14.3 Å². The number of morpholine rings is 1. The lowest BCUT2D eigenvalue weighted by Gasteiger charge is -2.27. The van der Waals surface area contributed by atoms with Gasteiger partial charge >= 0.3 is 0 Å². The molecule has 29 heavy (non-hydrogen) atoms. The van der Waals surface area contributed by atoms with Crippen LogP contribution in [0.2, 0.25) is 0 Å². The first-order chi connectivity index (χ1) is 14.2. The molecule has 0 unspecified atom stereocenters. The van der Waals surface area contributed by atoms with Crippen molar-refractivity contribution in [1.29, 1.82) is 0 Å². The molecule has 0 bridgehead atoms. The summed E-state index contributed by atoms with van der Waals surface area (Å²) in [5.74, 6) is 1.13. The van der Waals surface area contributed by atoms with Gasteiger partial charge in [0.15, 0.2) is 0 Å². The van der Waals surface area contributed by atoms with E-state index in [-0.39, 0.29) is 5.91 Å². The lowest BCUT2D eigenvalue weighted by molar-refractivity contribution is 0.00225. The number of hydrazine groups is 2. The molecule has 0 saturated carbocycles. The second-order valence-electron chi connectivity index (χ2n) is 6.59. The zero-order valence-corrected chi connectivity index (χ0v) is 16.1. The first kappa shape index (κ1) is 19.1. The summed E-state index contributed by atoms with van der Waals surface area (Å²) in [5.41, 5.74) is 7.87. The van der Waals surface area contributed by atoms with E-state index in [1.165, 1.54) is 0 Å². The number of methoxy groups -OCH3 is 1. The van der Waals surface area contributed by atoms with Gasteiger partial charge in [0.25, 0.3) is 5.91 Å². The van der Waals surface area contributed by atoms with Gasteiger partial charge in [-0.15, -0.1) is 0 Å². The fourth-order valence-corrected chi connectivity index (χ4v) is 3.12. The van der Waals surface area contributed by atoms with E-state index in [1.807, 2.05) is 53.5 Å². The van der Waals surface area contributed by atoms with Crippen molar-refractivity contribution >= 4 is 28.3 Å². The van der Waals surface area contributed by atoms with Gasteiger partial charge in [0.05, 0.1) is 31.4 Å². The minimum absolute atomic E-state index is 0.229. The molecule has 2 aromatic carbocycles. The van der Waals surface area contributed by atoms with Crippen LogP contribution in [0, 0.1) is 0 Å². The average molecular weight is 393 g/mol. The molecule has 1 fully saturated rings. The average Bonchev–Trinajstić information content (AvgIpc) is 2.78. The molecule has 1 aliphatic rings. The van der Waals surface area contributed by atoms with Crippen LogP contribution in [-0.4, -0.2) is 49.3 Å². The maximum Gasteiger partial charge on any atom is 0.267 e. The number of aromatic nitrogens is 1. The minimum atomic E-state index is -0.229. The van der Waals surface area contributed by atoms with Gasteiger partial charge in [0.2, 0.25) is 0 Å². The molecule has 3 aromatic rings. The molecule has 8 nitrogen and oxygen atoms in total. The third kappa shape index (κ3) is 4.62. The number of nitrogens with one attached hydrogen (secondary N) is 3. The number of nitrogens with zero attached hydrogens (tertiary/aromatic N) is 2. The Bertz CT molecular complexity index is 987. The van der Waals surface area contributed by atoms with E-state index in [0.29, 0.717) is 37.7 Å². The number of anilines is 2. The lowest BCUT2D eigenvalue weighted by atomic mass is 10.1. The Hall–Kier alpha value is -3.20. The van der Waals surface area contributed by atoms with Crippen molar-refractivity contribution in [3.8, 4) is 5.75 Å². The van der Waals surface area contributed by atoms with Crippen molar-refractivity contribution in [3.63, 3.8) is 0 Å². The molecular weight excluding hydrogens is 370 g/mol. The van der Waals surface area contributed by atoms with Gasteiger partial charge in [0, 0.05) is 24.2 Å². The topological polar surface area (TPSA) is 87.8 Å². The van der Waals surface area contributed by atoms with Gasteiger partial charge in [-0.1, -0.05) is 18.2 Å². The van der Waals surface area contributed by atoms with E-state index in [0.717, 1.165) is 22.3 Å². The standard InChI is InChI=1S/C21H23N5O3/c1-28-16-8-6-15(7-9-16)22-20-14-18(17-4-2-3-5-19(17)23-20)21(27)24-25-26-10-12-29-13-11-26/h2-9,14,25H,10-13H2,1H3,(H,22,23)(H,24,27). The highest BCUT2D eigenvalue weighted by Crippen LogP contribution is 2.24. The number of benzene rings is 2. The van der Waals surface area contributed by atoms with Crippen LogP contribution >= 0.6 is 0 Å². The number of rotatable bonds is 6. The monoisotopic (exact) mass is 393 g/mol. The number of hydrogen-bond donors (Lipinski definition) is 3. The van der Waals surface area contributed by atoms with Crippen molar-refractivity contribution in [3.05, 3.63) is 60.2 Å². The molecule has 1 aromatic heterocycles. The Labute approximate surface area is 168 Å². The molecule has 8 heteroatoms. The summed E-state index contributed by atoms with van der Waals surface area (Å²) in [7, 11) is 1.63. The summed E-state index contributed by atoms with van der Waals surface area (Å²) >= 11 is 0. The number of para-hydroxylation sites is 1. The zero-order valence-electron chi connectivity index (χ0n) is 16.1. The van der Waals surface area contributed by atoms with E-state index < -0.39 is 0 Å². The van der Waals surface area contributed by atoms with Crippen LogP contribution in [-0.2, 0) is 4.74 Å². The molecule has 1 aliphatic heterocycles. The molecule has 2 heterocycles. The largest absolute Gasteiger partial charge is 0.497 e. The first-order valence-corrected chi connectivity index (χ1v) is 9.42. The fourth-order valence-electron chi connectivity index (χ4n) is 3.12. The second kappa shape index (κ2) is 8.87. The summed E-state index contributed by atoms with van der Waals surface area (Å²) in [6.45, 7) is 2.69. The zero-order chi connectivity index (χ0) is 20.1. The summed E-state index contributed by atoms with van der Waals surface area (Å²) in [6.07, 6.45) is 0. The Kier molecular flexibility index (Phi) is 5.85. The summed E-state index contributed by atoms with van der Waals surface area (Å²) in [4.78, 5) is 17.5. The van der Waals surface area contributed by atoms with Crippen LogP contribution in [0.4, 0.5) is 11.5 Å². The highest BCUT2D eigenvalue weighted by atomic mass is 16.5. The van der Waals surface area contributed by atoms with Crippen LogP contribution in [0.3, 0.4) is 0 Å². The third-order valence-corrected chi connectivity index (χ3v) is 4.66. The molecule has 150 valence electrons. The molecule has 0 spiro atoms. The Balaban J connectivity index is 1.57. The van der Waals surface area contributed by atoms with Crippen LogP contribution in [0.5, 0.6) is 5.75 Å². The molecule has 0 radical (unpaired) electrons. The highest BCUT2D eigenvalue weighted by molar-refractivity contribution is 6.06. The van der Waals surface area contributed by atoms with Crippen molar-refractivity contribution in [2.24, 2.45) is 0 Å². The number of hydrogen-bond acceptors (Lipinski definition) is 7. The number of fused-ring (bicyclic) bond motifs is 1. The van der Waals surface area contributed by atoms with Crippen molar-refractivity contribution in [2.45, 2.75) is 0 Å². The van der Waals surface area contributed by atoms with Gasteiger partial charge in [-0.25, -0.2) is 9.99 Å². The maximum atomic E-state index is 12.9. The van der Waals surface area contributed by atoms with E-state index in [4.69, 9.17) is 9.47 Å². The molecule has 0 aliphatic carbocycles. The smallest absolute Gasteiger partial charge is 0.267 e. The van der Waals surface area contributed by atoms with Crippen molar-refractivity contribution in [2.75, 3.05) is 38.7 Å². The van der Waals surface area contributed by atoms with Gasteiger partial charge in [-0.3, -0.25) is 10.2 Å². The Morgan fingerprint density at radius 2 is 1.86 bits per heavy atom. The van der Waals surface area contributed by atoms with E-state index in [1.54, 1.807) is 13.2 Å². The summed E-state index contributed by atoms with van der Waals surface area (Å²) in [6, 6.07) is 16.9. The predicted octanol–water partition coefficient (Wildman–Crippen LogP) is 2.47. The highest BCUT2D eigenvalue weighted by Gasteiger charge is 2.15. The lowest BCUT2D eigenvalue weighted by Crippen LogP contribution is -2.53. The number of ether oxygens (including phenoxy) is 2. The molecule has 1 amide bonds. The van der Waals surface area contributed by atoms with Gasteiger partial charge < -0.3 is 14.8 Å². The fraction of sp³-hybridized carbons (Fsp3) is 0.238. The van der Waals surface area contributed by atoms with Crippen molar-refractivity contribution in [1.82, 2.24) is 21.0 Å². The minimum Gasteiger partial charge on any atom is -0.497 e. The number of pyridine rings is 1. The molecule has 3 N–H and O–H groups in total. The summed E-state index contributed by atoms with van der Waals surface area (Å²) < 4.78 is 10.5. The van der Waals surface area contributed by atoms with Crippen LogP contribution < -0.4 is 21.0 Å². The van der Waals surface area contributed by atoms with Crippen LogP contribution in [0.15, 0.2) is 54.6 Å². The van der Waals surface area contributed by atoms with Gasteiger partial charge in [0.1, 0.15) is 11.6 Å². The summed E-state index contributed by atoms with van der Waals surface area (Å²) in [5, 5.41) is 5.96. The van der Waals surface area contributed by atoms with E-state index in [9.17, 15) is 4.79 Å². The van der Waals surface area contributed by atoms with Crippen LogP contribution in [0.25, 0.3) is 10.9 Å². The second-order valence-corrected chi connectivity index (χ2v) is 6.59. The third-order valence-electron chi connectivity index (χ3n) is 4.66. The Morgan fingerprint density at radius 3 is 2.62 bits per heavy atom.